The lowest BCUT2D eigenvalue weighted by atomic mass is 9.49. The number of rotatable bonds is 21. The number of carbonyl (C=O) groups excluding carboxylic acids is 6. The van der Waals surface area contributed by atoms with Gasteiger partial charge < -0.3 is 63.5 Å². The van der Waals surface area contributed by atoms with Crippen molar-refractivity contribution in [3.63, 3.8) is 0 Å². The lowest BCUT2D eigenvalue weighted by molar-refractivity contribution is -0.242. The Morgan fingerprint density at radius 3 is 2.11 bits per heavy atom. The molecule has 1 amide bonds. The zero-order chi connectivity index (χ0) is 52.5. The Bertz CT molecular complexity index is 2230. The number of benzene rings is 2. The maximum Gasteiger partial charge on any atom is 0.408 e. The third kappa shape index (κ3) is 12.9. The van der Waals surface area contributed by atoms with Crippen molar-refractivity contribution in [1.82, 2.24) is 5.32 Å². The third-order valence-electron chi connectivity index (χ3n) is 13.7. The van der Waals surface area contributed by atoms with Gasteiger partial charge in [0.15, 0.2) is 11.9 Å². The number of fused-ring (bicyclic) bond motifs is 2. The number of nitrogens with one attached hydrogen (secondary N) is 1. The monoisotopic (exact) mass is 996 g/mol. The summed E-state index contributed by atoms with van der Waals surface area (Å²) in [5.41, 5.74) is -1.75. The van der Waals surface area contributed by atoms with Crippen LogP contribution in [0.15, 0.2) is 71.8 Å². The molecule has 1 aliphatic heterocycles. The second kappa shape index (κ2) is 23.5. The molecular weight excluding hydrogens is 925 g/mol. The molecule has 71 heavy (non-hydrogen) atoms. The van der Waals surface area contributed by atoms with E-state index in [0.717, 1.165) is 0 Å². The standard InChI is InChI=1S/C52H72N2O17/c1-31-36(68-46(59)43(69-39(56)29-65-25-24-64-23-22-53)41(33-18-14-12-15-19-33)54-47(60)71-48(3,4)5)27-52(61)49(6,7)40(31)42(63-11)44(57)50(8,38(62-10)26-35-37(28-66-35)67-32(2)55)30-51(52,9)70-45(58)34-20-16-13-17-21-34/h12-21,35-38,41-43,61H,22-30,53H2,1-11H3,(H,54,60). The fourth-order valence-electron chi connectivity index (χ4n) is 10.1. The first-order valence-corrected chi connectivity index (χ1v) is 23.8. The quantitative estimate of drug-likeness (QED) is 0.0651. The minimum Gasteiger partial charge on any atom is -0.457 e. The molecule has 10 atom stereocenters. The van der Waals surface area contributed by atoms with Gasteiger partial charge in [-0.15, -0.1) is 0 Å². The van der Waals surface area contributed by atoms with E-state index >= 15 is 9.59 Å². The maximum absolute atomic E-state index is 15.6. The molecular formula is C52H72N2O17. The van der Waals surface area contributed by atoms with Gasteiger partial charge in [0.1, 0.15) is 41.7 Å². The van der Waals surface area contributed by atoms with E-state index in [4.69, 9.17) is 53.1 Å². The lowest BCUT2D eigenvalue weighted by Crippen LogP contribution is -2.72. The van der Waals surface area contributed by atoms with Crippen LogP contribution in [0.25, 0.3) is 0 Å². The minimum atomic E-state index is -2.20. The van der Waals surface area contributed by atoms with Crippen LogP contribution in [-0.4, -0.2) is 148 Å². The van der Waals surface area contributed by atoms with Gasteiger partial charge in [-0.05, 0) is 70.4 Å². The molecule has 0 radical (unpaired) electrons. The molecule has 1 saturated heterocycles. The van der Waals surface area contributed by atoms with Crippen molar-refractivity contribution in [2.45, 2.75) is 141 Å². The van der Waals surface area contributed by atoms with Crippen LogP contribution in [0.2, 0.25) is 0 Å². The number of hydrogen-bond donors (Lipinski definition) is 3. The van der Waals surface area contributed by atoms with Gasteiger partial charge in [-0.2, -0.15) is 0 Å². The summed E-state index contributed by atoms with van der Waals surface area (Å²) in [7, 11) is 2.76. The van der Waals surface area contributed by atoms with E-state index in [-0.39, 0.29) is 57.0 Å². The molecule has 1 saturated carbocycles. The number of nitrogens with two attached hydrogens (primary N) is 1. The normalized spacial score (nSPS) is 27.4. The molecule has 10 unspecified atom stereocenters. The Balaban J connectivity index is 1.65. The van der Waals surface area contributed by atoms with Gasteiger partial charge in [-0.3, -0.25) is 9.59 Å². The Hall–Kier alpha value is -5.28. The summed E-state index contributed by atoms with van der Waals surface area (Å²) in [6.45, 7) is 14.6. The number of carbonyl (C=O) groups is 6. The zero-order valence-corrected chi connectivity index (χ0v) is 42.7. The highest BCUT2D eigenvalue weighted by Gasteiger charge is 2.70. The molecule has 1 heterocycles. The summed E-state index contributed by atoms with van der Waals surface area (Å²) >= 11 is 0. The molecule has 2 aromatic rings. The fourth-order valence-corrected chi connectivity index (χ4v) is 10.1. The summed E-state index contributed by atoms with van der Waals surface area (Å²) in [5.74, 6) is -3.99. The number of amides is 1. The number of ether oxygens (including phenoxy) is 10. The number of hydrogen-bond acceptors (Lipinski definition) is 18. The Labute approximate surface area is 415 Å². The molecule has 0 aromatic heterocycles. The summed E-state index contributed by atoms with van der Waals surface area (Å²) in [4.78, 5) is 84.1. The van der Waals surface area contributed by atoms with Crippen molar-refractivity contribution >= 4 is 35.8 Å². The lowest BCUT2D eigenvalue weighted by Gasteiger charge is -2.61. The van der Waals surface area contributed by atoms with Gasteiger partial charge >= 0.3 is 30.0 Å². The molecule has 3 aliphatic rings. The van der Waals surface area contributed by atoms with Crippen LogP contribution in [0.4, 0.5) is 4.79 Å². The SMILES string of the molecule is COC1C(=O)C(C)(C(CC2OCC2OC(C)=O)OC)CC(C)(OC(=O)c2ccccc2)C2(O)CC(OC(=O)C(OC(=O)COCCOCCN)C(NC(=O)OC(C)(C)C)c3ccccc3)C(C)=C1C2(C)C. The van der Waals surface area contributed by atoms with Crippen molar-refractivity contribution in [2.24, 2.45) is 16.6 Å². The van der Waals surface area contributed by atoms with Gasteiger partial charge in [-0.25, -0.2) is 19.2 Å². The first-order valence-electron chi connectivity index (χ1n) is 23.8. The number of methoxy groups -OCH3 is 2. The Kier molecular flexibility index (Phi) is 18.8. The predicted octanol–water partition coefficient (Wildman–Crippen LogP) is 4.89. The summed E-state index contributed by atoms with van der Waals surface area (Å²) in [6.07, 6.45) is -8.65. The molecule has 2 bridgehead atoms. The van der Waals surface area contributed by atoms with Crippen LogP contribution in [0.5, 0.6) is 0 Å². The van der Waals surface area contributed by atoms with Gasteiger partial charge in [0, 0.05) is 52.4 Å². The highest BCUT2D eigenvalue weighted by atomic mass is 16.6. The predicted molar refractivity (Wildman–Crippen MR) is 255 cm³/mol. The summed E-state index contributed by atoms with van der Waals surface area (Å²) in [5, 5.41) is 16.5. The van der Waals surface area contributed by atoms with E-state index in [2.05, 4.69) is 5.32 Å². The minimum absolute atomic E-state index is 0.00791. The van der Waals surface area contributed by atoms with E-state index in [1.165, 1.54) is 28.1 Å². The van der Waals surface area contributed by atoms with Crippen LogP contribution in [-0.2, 0) is 66.5 Å². The van der Waals surface area contributed by atoms with Gasteiger partial charge in [0.25, 0.3) is 0 Å². The molecule has 19 heteroatoms. The number of ketones is 1. The van der Waals surface area contributed by atoms with E-state index in [1.54, 1.807) is 109 Å². The first-order chi connectivity index (χ1) is 33.4. The largest absolute Gasteiger partial charge is 0.457 e. The third-order valence-corrected chi connectivity index (χ3v) is 13.7. The average Bonchev–Trinajstić information content (AvgIpc) is 3.30. The van der Waals surface area contributed by atoms with E-state index in [0.29, 0.717) is 11.1 Å². The highest BCUT2D eigenvalue weighted by molar-refractivity contribution is 5.94. The highest BCUT2D eigenvalue weighted by Crippen LogP contribution is 2.61. The first kappa shape index (κ1) is 56.6. The molecule has 392 valence electrons. The second-order valence-electron chi connectivity index (χ2n) is 20.2. The van der Waals surface area contributed by atoms with Gasteiger partial charge in [0.05, 0.1) is 49.6 Å². The van der Waals surface area contributed by atoms with Crippen molar-refractivity contribution in [3.8, 4) is 0 Å². The van der Waals surface area contributed by atoms with Gasteiger partial charge in [0.2, 0.25) is 6.10 Å². The van der Waals surface area contributed by atoms with Crippen LogP contribution in [0, 0.1) is 10.8 Å². The average molecular weight is 997 g/mol. The Morgan fingerprint density at radius 1 is 0.915 bits per heavy atom. The van der Waals surface area contributed by atoms with Crippen molar-refractivity contribution in [2.75, 3.05) is 53.8 Å². The topological polar surface area (TPSA) is 253 Å². The van der Waals surface area contributed by atoms with Crippen molar-refractivity contribution < 1.29 is 81.2 Å². The molecule has 19 nitrogen and oxygen atoms in total. The summed E-state index contributed by atoms with van der Waals surface area (Å²) < 4.78 is 58.7. The molecule has 4 N–H and O–H groups in total. The molecule has 2 aliphatic carbocycles. The molecule has 0 spiro atoms. The van der Waals surface area contributed by atoms with E-state index < -0.39 is 119 Å². The van der Waals surface area contributed by atoms with E-state index in [9.17, 15) is 24.3 Å². The molecule has 5 rings (SSSR count). The fraction of sp³-hybridized carbons (Fsp3) is 0.615. The smallest absolute Gasteiger partial charge is 0.408 e. The second-order valence-corrected chi connectivity index (χ2v) is 20.2. The molecule has 2 aromatic carbocycles. The number of esters is 4. The van der Waals surface area contributed by atoms with Crippen molar-refractivity contribution in [3.05, 3.63) is 82.9 Å². The van der Waals surface area contributed by atoms with Crippen LogP contribution >= 0.6 is 0 Å². The van der Waals surface area contributed by atoms with Crippen LogP contribution in [0.3, 0.4) is 0 Å². The van der Waals surface area contributed by atoms with Gasteiger partial charge in [-0.1, -0.05) is 62.4 Å². The maximum atomic E-state index is 15.6. The molecule has 2 fully saturated rings. The number of aliphatic hydroxyl groups is 1. The summed E-state index contributed by atoms with van der Waals surface area (Å²) in [6, 6.07) is 15.0. The Morgan fingerprint density at radius 2 is 1.55 bits per heavy atom. The zero-order valence-electron chi connectivity index (χ0n) is 42.7. The van der Waals surface area contributed by atoms with Crippen LogP contribution in [0.1, 0.15) is 104 Å². The van der Waals surface area contributed by atoms with Crippen LogP contribution < -0.4 is 11.1 Å². The number of alkyl carbamates (subject to hydrolysis) is 1. The van der Waals surface area contributed by atoms with Crippen molar-refractivity contribution in [1.29, 1.82) is 0 Å². The van der Waals surface area contributed by atoms with E-state index in [1.807, 2.05) is 0 Å². The number of Topliss-reactive ketones (excluding diaryl/α,β-unsaturated/α-hetero) is 1.